The lowest BCUT2D eigenvalue weighted by molar-refractivity contribution is 0.378. The van der Waals surface area contributed by atoms with E-state index >= 15 is 0 Å². The van der Waals surface area contributed by atoms with Gasteiger partial charge in [-0.15, -0.1) is 5.10 Å². The van der Waals surface area contributed by atoms with Gasteiger partial charge in [-0.1, -0.05) is 52.0 Å². The largest absolute Gasteiger partial charge is 0.420 e. The van der Waals surface area contributed by atoms with Crippen LogP contribution in [0.2, 0.25) is 0 Å². The van der Waals surface area contributed by atoms with E-state index in [1.54, 1.807) is 0 Å². The van der Waals surface area contributed by atoms with Crippen molar-refractivity contribution in [1.82, 2.24) is 10.2 Å². The first-order valence-corrected chi connectivity index (χ1v) is 8.19. The van der Waals surface area contributed by atoms with Gasteiger partial charge in [-0.05, 0) is 23.0 Å². The van der Waals surface area contributed by atoms with E-state index in [-0.39, 0.29) is 17.7 Å². The molecular formula is C19H22N4O. The van der Waals surface area contributed by atoms with Crippen LogP contribution in [0.15, 0.2) is 35.7 Å². The molecule has 3 rings (SSSR count). The molecule has 0 spiro atoms. The Morgan fingerprint density at radius 2 is 1.83 bits per heavy atom. The summed E-state index contributed by atoms with van der Waals surface area (Å²) in [6.45, 7) is 8.49. The Labute approximate surface area is 142 Å². The summed E-state index contributed by atoms with van der Waals surface area (Å²) in [5, 5.41) is 16.9. The molecule has 0 fully saturated rings. The number of benzene rings is 1. The van der Waals surface area contributed by atoms with E-state index in [4.69, 9.17) is 10.5 Å². The maximum Gasteiger partial charge on any atom is 0.244 e. The molecule has 1 aliphatic heterocycles. The second kappa shape index (κ2) is 6.04. The average molecular weight is 322 g/mol. The number of aromatic amines is 1. The normalized spacial score (nSPS) is 17.0. The van der Waals surface area contributed by atoms with Gasteiger partial charge in [0.15, 0.2) is 0 Å². The van der Waals surface area contributed by atoms with E-state index in [1.165, 1.54) is 5.56 Å². The van der Waals surface area contributed by atoms with E-state index in [1.807, 2.05) is 0 Å². The number of nitrogens with two attached hydrogens (primary N) is 1. The van der Waals surface area contributed by atoms with Gasteiger partial charge in [0.2, 0.25) is 11.8 Å². The Balaban J connectivity index is 2.17. The zero-order valence-electron chi connectivity index (χ0n) is 14.4. The van der Waals surface area contributed by atoms with Gasteiger partial charge in [-0.2, -0.15) is 5.26 Å². The molecule has 0 saturated carbocycles. The smallest absolute Gasteiger partial charge is 0.244 e. The number of ether oxygens (including phenoxy) is 1. The monoisotopic (exact) mass is 322 g/mol. The summed E-state index contributed by atoms with van der Waals surface area (Å²) in [5.74, 6) is 1.04. The van der Waals surface area contributed by atoms with Crippen molar-refractivity contribution < 1.29 is 4.74 Å². The van der Waals surface area contributed by atoms with Crippen molar-refractivity contribution in [2.24, 2.45) is 5.73 Å². The van der Waals surface area contributed by atoms with Crippen molar-refractivity contribution in [3.05, 3.63) is 58.1 Å². The second-order valence-corrected chi connectivity index (χ2v) is 6.76. The predicted octanol–water partition coefficient (Wildman–Crippen LogP) is 3.87. The SMILES string of the molecule is CC(C)c1ccc([C@H]2C(C#N)=C(N)Oc3n[nH]c(C(C)C)c32)cc1. The Kier molecular flexibility index (Phi) is 4.06. The highest BCUT2D eigenvalue weighted by molar-refractivity contribution is 5.55. The van der Waals surface area contributed by atoms with Crippen LogP contribution in [0.1, 0.15) is 67.8 Å². The van der Waals surface area contributed by atoms with E-state index < -0.39 is 0 Å². The minimum absolute atomic E-state index is 0.129. The topological polar surface area (TPSA) is 87.7 Å². The number of H-pyrrole nitrogens is 1. The number of hydrogen-bond acceptors (Lipinski definition) is 4. The van der Waals surface area contributed by atoms with E-state index in [0.29, 0.717) is 17.4 Å². The van der Waals surface area contributed by atoms with Crippen molar-refractivity contribution in [3.8, 4) is 11.9 Å². The second-order valence-electron chi connectivity index (χ2n) is 6.76. The summed E-state index contributed by atoms with van der Waals surface area (Å²) in [7, 11) is 0. The van der Waals surface area contributed by atoms with Crippen LogP contribution in [0.3, 0.4) is 0 Å². The number of allylic oxidation sites excluding steroid dienone is 1. The maximum atomic E-state index is 9.63. The third-order valence-corrected chi connectivity index (χ3v) is 4.48. The fourth-order valence-electron chi connectivity index (χ4n) is 3.12. The Bertz CT molecular complexity index is 822. The first kappa shape index (κ1) is 16.1. The minimum atomic E-state index is -0.254. The Morgan fingerprint density at radius 3 is 2.38 bits per heavy atom. The highest BCUT2D eigenvalue weighted by Gasteiger charge is 2.35. The fourth-order valence-corrected chi connectivity index (χ4v) is 3.12. The molecule has 5 nitrogen and oxygen atoms in total. The molecule has 124 valence electrons. The molecule has 5 heteroatoms. The zero-order chi connectivity index (χ0) is 17.4. The summed E-state index contributed by atoms with van der Waals surface area (Å²) in [4.78, 5) is 0. The third-order valence-electron chi connectivity index (χ3n) is 4.48. The van der Waals surface area contributed by atoms with Crippen molar-refractivity contribution in [3.63, 3.8) is 0 Å². The van der Waals surface area contributed by atoms with Crippen LogP contribution in [0.25, 0.3) is 0 Å². The standard InChI is InChI=1S/C19H22N4O/c1-10(2)12-5-7-13(8-6-12)15-14(9-20)18(21)24-19-16(15)17(11(3)4)22-23-19/h5-8,10-11,15H,21H2,1-4H3,(H,22,23)/t15-/m0/s1. The number of nitrogens with one attached hydrogen (secondary N) is 1. The summed E-state index contributed by atoms with van der Waals surface area (Å²) in [5.41, 5.74) is 10.6. The first-order valence-electron chi connectivity index (χ1n) is 8.19. The van der Waals surface area contributed by atoms with Gasteiger partial charge in [-0.3, -0.25) is 5.10 Å². The van der Waals surface area contributed by atoms with Crippen LogP contribution in [0.4, 0.5) is 0 Å². The molecular weight excluding hydrogens is 300 g/mol. The molecule has 1 atom stereocenters. The van der Waals surface area contributed by atoms with Gasteiger partial charge in [0.25, 0.3) is 0 Å². The summed E-state index contributed by atoms with van der Waals surface area (Å²) >= 11 is 0. The number of rotatable bonds is 3. The molecule has 24 heavy (non-hydrogen) atoms. The zero-order valence-corrected chi connectivity index (χ0v) is 14.4. The molecule has 3 N–H and O–H groups in total. The van der Waals surface area contributed by atoms with E-state index in [0.717, 1.165) is 16.8 Å². The molecule has 2 heterocycles. The third kappa shape index (κ3) is 2.54. The first-order chi connectivity index (χ1) is 11.4. The molecule has 1 aliphatic rings. The van der Waals surface area contributed by atoms with Gasteiger partial charge >= 0.3 is 0 Å². The molecule has 0 aliphatic carbocycles. The summed E-state index contributed by atoms with van der Waals surface area (Å²) in [6.07, 6.45) is 0. The van der Waals surface area contributed by atoms with Crippen LogP contribution in [-0.4, -0.2) is 10.2 Å². The van der Waals surface area contributed by atoms with Crippen LogP contribution < -0.4 is 10.5 Å². The quantitative estimate of drug-likeness (QED) is 0.897. The summed E-state index contributed by atoms with van der Waals surface area (Å²) in [6, 6.07) is 10.6. The number of fused-ring (bicyclic) bond motifs is 1. The van der Waals surface area contributed by atoms with Crippen LogP contribution in [-0.2, 0) is 0 Å². The number of aromatic nitrogens is 2. The highest BCUT2D eigenvalue weighted by Crippen LogP contribution is 2.44. The van der Waals surface area contributed by atoms with Crippen molar-refractivity contribution in [2.75, 3.05) is 0 Å². The van der Waals surface area contributed by atoms with Crippen molar-refractivity contribution >= 4 is 0 Å². The van der Waals surface area contributed by atoms with Crippen LogP contribution in [0.5, 0.6) is 5.88 Å². The Morgan fingerprint density at radius 1 is 1.17 bits per heavy atom. The molecule has 1 aromatic heterocycles. The lowest BCUT2D eigenvalue weighted by atomic mass is 9.82. The predicted molar refractivity (Wildman–Crippen MR) is 92.5 cm³/mol. The van der Waals surface area contributed by atoms with Gasteiger partial charge < -0.3 is 10.5 Å². The lowest BCUT2D eigenvalue weighted by Gasteiger charge is -2.25. The number of hydrogen-bond donors (Lipinski definition) is 2. The van der Waals surface area contributed by atoms with Crippen LogP contribution in [0, 0.1) is 11.3 Å². The molecule has 1 aromatic carbocycles. The average Bonchev–Trinajstić information content (AvgIpc) is 2.97. The van der Waals surface area contributed by atoms with E-state index in [9.17, 15) is 5.26 Å². The maximum absolute atomic E-state index is 9.63. The molecule has 0 radical (unpaired) electrons. The number of nitriles is 1. The summed E-state index contributed by atoms with van der Waals surface area (Å²) < 4.78 is 5.57. The molecule has 0 amide bonds. The van der Waals surface area contributed by atoms with Gasteiger partial charge in [0, 0.05) is 5.69 Å². The Hall–Kier alpha value is -2.74. The number of nitrogens with zero attached hydrogens (tertiary/aromatic N) is 2. The van der Waals surface area contributed by atoms with Crippen molar-refractivity contribution in [2.45, 2.75) is 45.4 Å². The van der Waals surface area contributed by atoms with Crippen LogP contribution >= 0.6 is 0 Å². The molecule has 0 bridgehead atoms. The molecule has 0 unspecified atom stereocenters. The highest BCUT2D eigenvalue weighted by atomic mass is 16.5. The van der Waals surface area contributed by atoms with Gasteiger partial charge in [-0.25, -0.2) is 0 Å². The minimum Gasteiger partial charge on any atom is -0.420 e. The van der Waals surface area contributed by atoms with E-state index in [2.05, 4.69) is 68.2 Å². The molecule has 2 aromatic rings. The van der Waals surface area contributed by atoms with Crippen molar-refractivity contribution in [1.29, 1.82) is 5.26 Å². The molecule has 0 saturated heterocycles. The van der Waals surface area contributed by atoms with Gasteiger partial charge in [0.05, 0.1) is 11.5 Å². The van der Waals surface area contributed by atoms with Gasteiger partial charge in [0.1, 0.15) is 11.6 Å². The fraction of sp³-hybridized carbons (Fsp3) is 0.368. The lowest BCUT2D eigenvalue weighted by Crippen LogP contribution is -2.21.